The standard InChI is InChI=1S/C14H13N3O4/c1-14-9(10(15-16-14)12(19)21-2)11(18)17(13(14)20)8-6-4-3-5-7-8/h3-7,9,16H,1-2H3/t9-,14+/m0/s1. The van der Waals surface area contributed by atoms with Crippen molar-refractivity contribution in [3.8, 4) is 0 Å². The van der Waals surface area contributed by atoms with Crippen LogP contribution in [0.15, 0.2) is 35.4 Å². The van der Waals surface area contributed by atoms with Gasteiger partial charge < -0.3 is 4.74 Å². The zero-order valence-corrected chi connectivity index (χ0v) is 11.5. The fourth-order valence-corrected chi connectivity index (χ4v) is 2.67. The minimum absolute atomic E-state index is 0.0724. The van der Waals surface area contributed by atoms with Crippen molar-refractivity contribution in [3.05, 3.63) is 30.3 Å². The maximum Gasteiger partial charge on any atom is 0.355 e. The third-order valence-electron chi connectivity index (χ3n) is 3.78. The van der Waals surface area contributed by atoms with E-state index in [1.807, 2.05) is 0 Å². The van der Waals surface area contributed by atoms with Gasteiger partial charge in [0.25, 0.3) is 5.91 Å². The van der Waals surface area contributed by atoms with E-state index in [1.165, 1.54) is 7.11 Å². The molecule has 108 valence electrons. The minimum atomic E-state index is -1.25. The maximum atomic E-state index is 12.6. The van der Waals surface area contributed by atoms with Crippen LogP contribution in [0.3, 0.4) is 0 Å². The lowest BCUT2D eigenvalue weighted by Crippen LogP contribution is -2.48. The summed E-state index contributed by atoms with van der Waals surface area (Å²) in [4.78, 5) is 38.0. The zero-order chi connectivity index (χ0) is 15.2. The molecule has 2 aliphatic rings. The van der Waals surface area contributed by atoms with Crippen LogP contribution in [0.25, 0.3) is 0 Å². The Balaban J connectivity index is 2.04. The van der Waals surface area contributed by atoms with Gasteiger partial charge in [0.2, 0.25) is 5.91 Å². The Morgan fingerprint density at radius 2 is 2.00 bits per heavy atom. The van der Waals surface area contributed by atoms with Crippen molar-refractivity contribution in [1.29, 1.82) is 0 Å². The first-order valence-corrected chi connectivity index (χ1v) is 6.37. The fourth-order valence-electron chi connectivity index (χ4n) is 2.67. The Kier molecular flexibility index (Phi) is 2.79. The molecule has 1 aromatic rings. The summed E-state index contributed by atoms with van der Waals surface area (Å²) in [7, 11) is 1.21. The summed E-state index contributed by atoms with van der Waals surface area (Å²) in [6, 6.07) is 8.57. The first kappa shape index (κ1) is 13.3. The number of carbonyl (C=O) groups excluding carboxylic acids is 3. The monoisotopic (exact) mass is 287 g/mol. The van der Waals surface area contributed by atoms with E-state index in [0.717, 1.165) is 4.90 Å². The smallest absolute Gasteiger partial charge is 0.355 e. The summed E-state index contributed by atoms with van der Waals surface area (Å²) in [6.45, 7) is 1.56. The van der Waals surface area contributed by atoms with E-state index >= 15 is 0 Å². The Hall–Kier alpha value is -2.70. The van der Waals surface area contributed by atoms with Gasteiger partial charge in [-0.25, -0.2) is 9.69 Å². The van der Waals surface area contributed by atoms with Crippen LogP contribution in [0, 0.1) is 5.92 Å². The number of carbonyl (C=O) groups is 3. The highest BCUT2D eigenvalue weighted by Crippen LogP contribution is 2.37. The molecule has 2 heterocycles. The van der Waals surface area contributed by atoms with Gasteiger partial charge in [0, 0.05) is 0 Å². The summed E-state index contributed by atoms with van der Waals surface area (Å²) in [6.07, 6.45) is 0. The second-order valence-corrected chi connectivity index (χ2v) is 5.05. The molecule has 0 spiro atoms. The highest BCUT2D eigenvalue weighted by molar-refractivity contribution is 6.47. The van der Waals surface area contributed by atoms with Crippen LogP contribution in [0.4, 0.5) is 5.69 Å². The first-order valence-electron chi connectivity index (χ1n) is 6.37. The average molecular weight is 287 g/mol. The number of benzene rings is 1. The molecule has 7 nitrogen and oxygen atoms in total. The number of nitrogens with zero attached hydrogens (tertiary/aromatic N) is 2. The van der Waals surface area contributed by atoms with Gasteiger partial charge in [0.1, 0.15) is 11.5 Å². The first-order chi connectivity index (χ1) is 10.0. The molecular weight excluding hydrogens is 274 g/mol. The summed E-state index contributed by atoms with van der Waals surface area (Å²) in [5, 5.41) is 3.82. The maximum absolute atomic E-state index is 12.6. The lowest BCUT2D eigenvalue weighted by atomic mass is 9.86. The second-order valence-electron chi connectivity index (χ2n) is 5.05. The Morgan fingerprint density at radius 1 is 1.33 bits per heavy atom. The van der Waals surface area contributed by atoms with Crippen molar-refractivity contribution in [2.75, 3.05) is 12.0 Å². The summed E-state index contributed by atoms with van der Waals surface area (Å²) >= 11 is 0. The highest BCUT2D eigenvalue weighted by atomic mass is 16.5. The number of imide groups is 1. The minimum Gasteiger partial charge on any atom is -0.464 e. The number of ether oxygens (including phenoxy) is 1. The molecule has 1 aromatic carbocycles. The van der Waals surface area contributed by atoms with Gasteiger partial charge in [-0.05, 0) is 19.1 Å². The molecule has 0 unspecified atom stereocenters. The Labute approximate surface area is 120 Å². The third-order valence-corrected chi connectivity index (χ3v) is 3.78. The van der Waals surface area contributed by atoms with Gasteiger partial charge in [-0.2, -0.15) is 5.10 Å². The SMILES string of the molecule is COC(=O)C1=NN[C@@]2(C)C(=O)N(c3ccccc3)C(=O)[C@H]12. The summed E-state index contributed by atoms with van der Waals surface area (Å²) in [5.74, 6) is -2.61. The number of hydrogen-bond acceptors (Lipinski definition) is 6. The van der Waals surface area contributed by atoms with Gasteiger partial charge >= 0.3 is 5.97 Å². The summed E-state index contributed by atoms with van der Waals surface area (Å²) in [5.41, 5.74) is 1.76. The normalized spacial score (nSPS) is 27.2. The number of hydrogen-bond donors (Lipinski definition) is 1. The average Bonchev–Trinajstić information content (AvgIpc) is 2.94. The van der Waals surface area contributed by atoms with E-state index in [4.69, 9.17) is 0 Å². The number of anilines is 1. The zero-order valence-electron chi connectivity index (χ0n) is 11.5. The van der Waals surface area contributed by atoms with Crippen molar-refractivity contribution in [2.45, 2.75) is 12.5 Å². The molecule has 21 heavy (non-hydrogen) atoms. The Bertz CT molecular complexity index is 670. The third kappa shape index (κ3) is 1.67. The van der Waals surface area contributed by atoms with Crippen molar-refractivity contribution < 1.29 is 19.1 Å². The molecule has 0 bridgehead atoms. The van der Waals surface area contributed by atoms with E-state index in [9.17, 15) is 14.4 Å². The van der Waals surface area contributed by atoms with Crippen molar-refractivity contribution in [2.24, 2.45) is 11.0 Å². The number of amides is 2. The van der Waals surface area contributed by atoms with Crippen LogP contribution in [0.5, 0.6) is 0 Å². The molecule has 2 atom stereocenters. The highest BCUT2D eigenvalue weighted by Gasteiger charge is 2.63. The van der Waals surface area contributed by atoms with Crippen molar-refractivity contribution >= 4 is 29.2 Å². The Morgan fingerprint density at radius 3 is 2.62 bits per heavy atom. The largest absolute Gasteiger partial charge is 0.464 e. The number of rotatable bonds is 2. The van der Waals surface area contributed by atoms with Crippen LogP contribution in [0.2, 0.25) is 0 Å². The van der Waals surface area contributed by atoms with E-state index < -0.39 is 29.2 Å². The lowest BCUT2D eigenvalue weighted by molar-refractivity contribution is -0.133. The van der Waals surface area contributed by atoms with E-state index in [-0.39, 0.29) is 5.71 Å². The second kappa shape index (κ2) is 4.41. The molecule has 1 fully saturated rings. The fraction of sp³-hybridized carbons (Fsp3) is 0.286. The molecule has 1 N–H and O–H groups in total. The van der Waals surface area contributed by atoms with Gasteiger partial charge in [-0.3, -0.25) is 15.0 Å². The van der Waals surface area contributed by atoms with E-state index in [2.05, 4.69) is 15.3 Å². The number of esters is 1. The van der Waals surface area contributed by atoms with Crippen LogP contribution in [-0.2, 0) is 19.1 Å². The molecule has 7 heteroatoms. The lowest BCUT2D eigenvalue weighted by Gasteiger charge is -2.20. The van der Waals surface area contributed by atoms with Gasteiger partial charge in [0.05, 0.1) is 12.8 Å². The molecule has 3 rings (SSSR count). The predicted octanol–water partition coefficient (Wildman–Crippen LogP) is 0.0669. The predicted molar refractivity (Wildman–Crippen MR) is 73.4 cm³/mol. The molecule has 0 aromatic heterocycles. The van der Waals surface area contributed by atoms with Gasteiger partial charge in [-0.1, -0.05) is 18.2 Å². The molecule has 0 saturated carbocycles. The molecule has 0 radical (unpaired) electrons. The quantitative estimate of drug-likeness (QED) is 0.614. The van der Waals surface area contributed by atoms with Crippen LogP contribution >= 0.6 is 0 Å². The molecular formula is C14H13N3O4. The van der Waals surface area contributed by atoms with E-state index in [0.29, 0.717) is 5.69 Å². The van der Waals surface area contributed by atoms with Gasteiger partial charge in [0.15, 0.2) is 5.71 Å². The van der Waals surface area contributed by atoms with Crippen molar-refractivity contribution in [1.82, 2.24) is 5.43 Å². The number of para-hydroxylation sites is 1. The topological polar surface area (TPSA) is 88.1 Å². The number of nitrogens with one attached hydrogen (secondary N) is 1. The molecule has 0 aliphatic carbocycles. The van der Waals surface area contributed by atoms with Crippen LogP contribution in [0.1, 0.15) is 6.92 Å². The number of hydrazone groups is 1. The van der Waals surface area contributed by atoms with Crippen LogP contribution in [-0.4, -0.2) is 36.1 Å². The number of fused-ring (bicyclic) bond motifs is 1. The van der Waals surface area contributed by atoms with Gasteiger partial charge in [-0.15, -0.1) is 0 Å². The summed E-state index contributed by atoms with van der Waals surface area (Å²) < 4.78 is 4.62. The van der Waals surface area contributed by atoms with Crippen molar-refractivity contribution in [3.63, 3.8) is 0 Å². The molecule has 1 saturated heterocycles. The van der Waals surface area contributed by atoms with E-state index in [1.54, 1.807) is 37.3 Å². The van der Waals surface area contributed by atoms with Crippen LogP contribution < -0.4 is 10.3 Å². The number of methoxy groups -OCH3 is 1. The molecule has 2 aliphatic heterocycles. The molecule has 2 amide bonds.